The molecule has 0 saturated carbocycles. The van der Waals surface area contributed by atoms with Crippen LogP contribution in [0, 0.1) is 0 Å². The smallest absolute Gasteiger partial charge is 0.410 e. The molecular weight excluding hydrogens is 424 g/mol. The third kappa shape index (κ3) is 5.43. The molecule has 3 rings (SSSR count). The highest BCUT2D eigenvalue weighted by Crippen LogP contribution is 2.37. The third-order valence-electron chi connectivity index (χ3n) is 6.41. The lowest BCUT2D eigenvalue weighted by atomic mass is 10.00. The van der Waals surface area contributed by atoms with Gasteiger partial charge in [-0.2, -0.15) is 5.10 Å². The first kappa shape index (κ1) is 24.5. The Hall–Kier alpha value is -2.13. The van der Waals surface area contributed by atoms with E-state index >= 15 is 0 Å². The van der Waals surface area contributed by atoms with Gasteiger partial charge in [-0.3, -0.25) is 9.69 Å². The van der Waals surface area contributed by atoms with E-state index in [1.165, 1.54) is 0 Å². The van der Waals surface area contributed by atoms with Gasteiger partial charge < -0.3 is 14.1 Å². The molecule has 2 aromatic rings. The lowest BCUT2D eigenvalue weighted by Crippen LogP contribution is -2.42. The average molecular weight is 463 g/mol. The predicted octanol–water partition coefficient (Wildman–Crippen LogP) is 5.01. The van der Waals surface area contributed by atoms with Gasteiger partial charge in [-0.25, -0.2) is 9.31 Å². The van der Waals surface area contributed by atoms with Crippen molar-refractivity contribution < 1.29 is 14.0 Å². The number of piperidine rings is 1. The van der Waals surface area contributed by atoms with Crippen molar-refractivity contribution in [2.24, 2.45) is 0 Å². The first-order valence-corrected chi connectivity index (χ1v) is 14.3. The highest BCUT2D eigenvalue weighted by molar-refractivity contribution is 6.74. The fourth-order valence-electron chi connectivity index (χ4n) is 3.60. The number of nitrogens with one attached hydrogen (secondary N) is 1. The van der Waals surface area contributed by atoms with Crippen LogP contribution in [0.3, 0.4) is 0 Å². The highest BCUT2D eigenvalue weighted by Gasteiger charge is 2.37. The number of fused-ring (bicyclic) bond motifs is 1. The van der Waals surface area contributed by atoms with E-state index < -0.39 is 13.9 Å². The molecule has 2 aromatic heterocycles. The average Bonchev–Trinajstić information content (AvgIpc) is 3.07. The summed E-state index contributed by atoms with van der Waals surface area (Å²) >= 11 is 0. The molecule has 1 aliphatic rings. The normalized spacial score (nSPS) is 18.2. The Morgan fingerprint density at radius 1 is 1.19 bits per heavy atom. The number of H-pyrrole nitrogens is 1. The van der Waals surface area contributed by atoms with E-state index in [0.29, 0.717) is 24.5 Å². The maximum absolute atomic E-state index is 12.8. The summed E-state index contributed by atoms with van der Waals surface area (Å²) in [6.07, 6.45) is 2.43. The Bertz CT molecular complexity index is 1030. The number of carbonyl (C=O) groups excluding carboxylic acids is 1. The van der Waals surface area contributed by atoms with Crippen molar-refractivity contribution in [1.82, 2.24) is 19.5 Å². The van der Waals surface area contributed by atoms with Crippen molar-refractivity contribution in [2.45, 2.75) is 97.2 Å². The second kappa shape index (κ2) is 8.66. The Morgan fingerprint density at radius 3 is 2.50 bits per heavy atom. The minimum Gasteiger partial charge on any atom is -0.444 e. The van der Waals surface area contributed by atoms with Gasteiger partial charge in [-0.15, -0.1) is 0 Å². The van der Waals surface area contributed by atoms with Gasteiger partial charge in [0.2, 0.25) is 0 Å². The molecule has 1 N–H and O–H groups in total. The molecular formula is C23H38N4O4Si. The fourth-order valence-corrected chi connectivity index (χ4v) is 4.54. The molecule has 1 saturated heterocycles. The first-order valence-electron chi connectivity index (χ1n) is 11.4. The summed E-state index contributed by atoms with van der Waals surface area (Å²) in [6.45, 7) is 17.5. The van der Waals surface area contributed by atoms with Crippen molar-refractivity contribution in [3.8, 4) is 0 Å². The van der Waals surface area contributed by atoms with Crippen LogP contribution in [0.2, 0.25) is 18.1 Å². The van der Waals surface area contributed by atoms with E-state index in [1.807, 2.05) is 26.8 Å². The van der Waals surface area contributed by atoms with Crippen LogP contribution >= 0.6 is 0 Å². The summed E-state index contributed by atoms with van der Waals surface area (Å²) < 4.78 is 13.7. The zero-order valence-electron chi connectivity index (χ0n) is 20.7. The lowest BCUT2D eigenvalue weighted by Gasteiger charge is -2.36. The van der Waals surface area contributed by atoms with Crippen molar-refractivity contribution in [3.05, 3.63) is 33.9 Å². The zero-order chi connectivity index (χ0) is 23.9. The summed E-state index contributed by atoms with van der Waals surface area (Å²) in [4.78, 5) is 29.8. The molecule has 0 radical (unpaired) electrons. The predicted molar refractivity (Wildman–Crippen MR) is 127 cm³/mol. The molecule has 32 heavy (non-hydrogen) atoms. The van der Waals surface area contributed by atoms with Gasteiger partial charge in [-0.1, -0.05) is 20.8 Å². The summed E-state index contributed by atoms with van der Waals surface area (Å²) in [5, 5.41) is 4.87. The highest BCUT2D eigenvalue weighted by atomic mass is 28.4. The van der Waals surface area contributed by atoms with E-state index in [0.717, 1.165) is 25.0 Å². The van der Waals surface area contributed by atoms with Crippen molar-refractivity contribution in [3.63, 3.8) is 0 Å². The number of ether oxygens (including phenoxy) is 1. The van der Waals surface area contributed by atoms with E-state index in [4.69, 9.17) is 14.3 Å². The van der Waals surface area contributed by atoms with Crippen molar-refractivity contribution in [1.29, 1.82) is 0 Å². The first-order chi connectivity index (χ1) is 14.7. The maximum Gasteiger partial charge on any atom is 0.410 e. The van der Waals surface area contributed by atoms with Gasteiger partial charge in [-0.05, 0) is 58.2 Å². The Labute approximate surface area is 191 Å². The minimum absolute atomic E-state index is 0.0681. The second-order valence-electron chi connectivity index (χ2n) is 11.2. The van der Waals surface area contributed by atoms with Gasteiger partial charge in [0.1, 0.15) is 11.2 Å². The number of nitrogens with zero attached hydrogens (tertiary/aromatic N) is 3. The third-order valence-corrected chi connectivity index (χ3v) is 10.9. The van der Waals surface area contributed by atoms with Crippen molar-refractivity contribution in [2.75, 3.05) is 6.54 Å². The van der Waals surface area contributed by atoms with Crippen LogP contribution in [-0.2, 0) is 15.8 Å². The SMILES string of the molecule is CC(C)(C)OC(=O)N1CCCC[C@H]1c1cc2[nH]c(=O)cc(CO[Si](C)(C)C(C)(C)C)n2n1. The van der Waals surface area contributed by atoms with E-state index in [2.05, 4.69) is 38.8 Å². The zero-order valence-corrected chi connectivity index (χ0v) is 21.7. The number of aromatic nitrogens is 3. The minimum atomic E-state index is -1.99. The van der Waals surface area contributed by atoms with Crippen LogP contribution in [0.5, 0.6) is 0 Å². The van der Waals surface area contributed by atoms with Gasteiger partial charge >= 0.3 is 6.09 Å². The van der Waals surface area contributed by atoms with Crippen LogP contribution in [-0.4, -0.2) is 46.1 Å². The molecule has 0 aliphatic carbocycles. The van der Waals surface area contributed by atoms with Gasteiger partial charge in [0.25, 0.3) is 5.56 Å². The van der Waals surface area contributed by atoms with Gasteiger partial charge in [0, 0.05) is 18.7 Å². The molecule has 3 heterocycles. The van der Waals surface area contributed by atoms with E-state index in [9.17, 15) is 9.59 Å². The molecule has 0 unspecified atom stereocenters. The number of aromatic amines is 1. The van der Waals surface area contributed by atoms with Gasteiger partial charge in [0.15, 0.2) is 8.32 Å². The molecule has 0 spiro atoms. The number of hydrogen-bond donors (Lipinski definition) is 1. The molecule has 0 bridgehead atoms. The molecule has 9 heteroatoms. The summed E-state index contributed by atoms with van der Waals surface area (Å²) in [5.41, 5.74) is 1.32. The molecule has 8 nitrogen and oxygen atoms in total. The molecule has 1 amide bonds. The molecule has 1 aliphatic heterocycles. The Kier molecular flexibility index (Phi) is 6.64. The topological polar surface area (TPSA) is 88.9 Å². The lowest BCUT2D eigenvalue weighted by molar-refractivity contribution is 0.00897. The van der Waals surface area contributed by atoms with E-state index in [1.54, 1.807) is 15.5 Å². The number of amides is 1. The molecule has 178 valence electrons. The van der Waals surface area contributed by atoms with Crippen LogP contribution in [0.1, 0.15) is 78.2 Å². The van der Waals surface area contributed by atoms with Gasteiger partial charge in [0.05, 0.1) is 24.0 Å². The summed E-state index contributed by atoms with van der Waals surface area (Å²) in [6, 6.07) is 3.23. The number of likely N-dealkylation sites (tertiary alicyclic amines) is 1. The van der Waals surface area contributed by atoms with Crippen molar-refractivity contribution >= 4 is 20.1 Å². The molecule has 1 atom stereocenters. The summed E-state index contributed by atoms with van der Waals surface area (Å²) in [7, 11) is -1.99. The van der Waals surface area contributed by atoms with Crippen LogP contribution in [0.15, 0.2) is 16.9 Å². The van der Waals surface area contributed by atoms with E-state index in [-0.39, 0.29) is 22.7 Å². The van der Waals surface area contributed by atoms with Crippen LogP contribution in [0.25, 0.3) is 5.65 Å². The Balaban J connectivity index is 1.92. The Morgan fingerprint density at radius 2 is 1.88 bits per heavy atom. The van der Waals surface area contributed by atoms with Crippen LogP contribution in [0.4, 0.5) is 4.79 Å². The van der Waals surface area contributed by atoms with Crippen LogP contribution < -0.4 is 5.56 Å². The second-order valence-corrected chi connectivity index (χ2v) is 16.0. The summed E-state index contributed by atoms with van der Waals surface area (Å²) in [5.74, 6) is 0. The quantitative estimate of drug-likeness (QED) is 0.646. The largest absolute Gasteiger partial charge is 0.444 e. The number of hydrogen-bond acceptors (Lipinski definition) is 5. The molecule has 0 aromatic carbocycles. The fraction of sp³-hybridized carbons (Fsp3) is 0.696. The maximum atomic E-state index is 12.8. The standard InChI is InChI=1S/C23H38N4O4Si/c1-22(2,3)31-21(29)26-12-10-9-11-18(26)17-14-19-24-20(28)13-16(27(19)25-17)15-30-32(7,8)23(4,5)6/h13-14,18H,9-12,15H2,1-8H3,(H,24,28)/t18-/m0/s1. The molecule has 1 fully saturated rings. The monoisotopic (exact) mass is 462 g/mol. The number of carbonyl (C=O) groups is 1. The number of rotatable bonds is 4.